The second kappa shape index (κ2) is 6.49. The zero-order valence-electron chi connectivity index (χ0n) is 16.1. The van der Waals surface area contributed by atoms with E-state index < -0.39 is 0 Å². The summed E-state index contributed by atoms with van der Waals surface area (Å²) in [7, 11) is 0. The molecule has 0 atom stereocenters. The van der Waals surface area contributed by atoms with Gasteiger partial charge in [0.1, 0.15) is 5.75 Å². The van der Waals surface area contributed by atoms with E-state index in [4.69, 9.17) is 5.26 Å². The number of nitriles is 1. The van der Waals surface area contributed by atoms with E-state index in [2.05, 4.69) is 6.07 Å². The maximum atomic E-state index is 13.1. The van der Waals surface area contributed by atoms with E-state index in [0.29, 0.717) is 43.2 Å². The maximum Gasteiger partial charge on any atom is 0.223 e. The van der Waals surface area contributed by atoms with Crippen LogP contribution < -0.4 is 0 Å². The van der Waals surface area contributed by atoms with Crippen LogP contribution in [0, 0.1) is 46.3 Å². The minimum atomic E-state index is -0.151. The molecule has 1 heterocycles. The molecule has 1 amide bonds. The molecule has 5 aliphatic rings. The minimum absolute atomic E-state index is 0.00866. The zero-order valence-corrected chi connectivity index (χ0v) is 16.1. The van der Waals surface area contributed by atoms with Gasteiger partial charge in [0, 0.05) is 19.5 Å². The van der Waals surface area contributed by atoms with E-state index >= 15 is 0 Å². The van der Waals surface area contributed by atoms with Crippen LogP contribution in [0.3, 0.4) is 0 Å². The highest BCUT2D eigenvalue weighted by molar-refractivity contribution is 5.78. The lowest BCUT2D eigenvalue weighted by molar-refractivity contribution is -0.177. The SMILES string of the molecule is N#CC1CN(C(=O)CC2(Cc3ccc(O)cc3)C3CC4CC2CC(C3)C4O)C1. The van der Waals surface area contributed by atoms with Crippen LogP contribution in [0.2, 0.25) is 0 Å². The van der Waals surface area contributed by atoms with Crippen LogP contribution in [-0.2, 0) is 11.2 Å². The number of carbonyl (C=O) groups excluding carboxylic acids is 1. The van der Waals surface area contributed by atoms with Crippen molar-refractivity contribution < 1.29 is 15.0 Å². The Labute approximate surface area is 166 Å². The molecule has 4 bridgehead atoms. The highest BCUT2D eigenvalue weighted by Crippen LogP contribution is 2.64. The van der Waals surface area contributed by atoms with Crippen LogP contribution in [0.25, 0.3) is 0 Å². The molecule has 28 heavy (non-hydrogen) atoms. The number of phenols is 1. The zero-order chi connectivity index (χ0) is 19.5. The molecule has 1 aliphatic heterocycles. The number of phenolic OH excluding ortho intramolecular Hbond substituents is 1. The molecule has 0 aromatic heterocycles. The van der Waals surface area contributed by atoms with Crippen molar-refractivity contribution in [3.63, 3.8) is 0 Å². The van der Waals surface area contributed by atoms with Crippen LogP contribution in [-0.4, -0.2) is 40.2 Å². The highest BCUT2D eigenvalue weighted by Gasteiger charge is 2.60. The number of aromatic hydroxyl groups is 1. The third kappa shape index (κ3) is 2.73. The summed E-state index contributed by atoms with van der Waals surface area (Å²) in [6, 6.07) is 9.69. The molecule has 5 heteroatoms. The highest BCUT2D eigenvalue weighted by atomic mass is 16.3. The lowest BCUT2D eigenvalue weighted by Crippen LogP contribution is -2.60. The first-order valence-corrected chi connectivity index (χ1v) is 10.6. The van der Waals surface area contributed by atoms with Crippen molar-refractivity contribution in [3.8, 4) is 11.8 Å². The summed E-state index contributed by atoms with van der Waals surface area (Å²) in [6.07, 6.45) is 5.37. The summed E-state index contributed by atoms with van der Waals surface area (Å²) in [4.78, 5) is 15.0. The van der Waals surface area contributed by atoms with Gasteiger partial charge in [-0.05, 0) is 78.9 Å². The number of nitrogens with zero attached hydrogens (tertiary/aromatic N) is 2. The van der Waals surface area contributed by atoms with Crippen molar-refractivity contribution in [1.29, 1.82) is 5.26 Å². The van der Waals surface area contributed by atoms with E-state index in [0.717, 1.165) is 32.1 Å². The van der Waals surface area contributed by atoms with Gasteiger partial charge in [-0.3, -0.25) is 4.79 Å². The average Bonchev–Trinajstić information content (AvgIpc) is 2.61. The summed E-state index contributed by atoms with van der Waals surface area (Å²) < 4.78 is 0. The number of carbonyl (C=O) groups is 1. The Morgan fingerprint density at radius 2 is 1.68 bits per heavy atom. The molecule has 5 nitrogen and oxygen atoms in total. The molecule has 0 spiro atoms. The fourth-order valence-electron chi connectivity index (χ4n) is 6.85. The van der Waals surface area contributed by atoms with Gasteiger partial charge in [-0.25, -0.2) is 0 Å². The second-order valence-corrected chi connectivity index (χ2v) is 9.73. The summed E-state index contributed by atoms with van der Waals surface area (Å²) in [5, 5.41) is 29.2. The number of benzene rings is 1. The monoisotopic (exact) mass is 380 g/mol. The fourth-order valence-corrected chi connectivity index (χ4v) is 6.85. The number of hydrogen-bond acceptors (Lipinski definition) is 4. The minimum Gasteiger partial charge on any atom is -0.508 e. The van der Waals surface area contributed by atoms with Gasteiger partial charge in [-0.1, -0.05) is 12.1 Å². The molecule has 1 aromatic rings. The molecular formula is C23H28N2O3. The number of aliphatic hydroxyl groups is 1. The van der Waals surface area contributed by atoms with Crippen LogP contribution in [0.5, 0.6) is 5.75 Å². The Balaban J connectivity index is 1.43. The largest absolute Gasteiger partial charge is 0.508 e. The van der Waals surface area contributed by atoms with E-state index in [1.165, 1.54) is 5.56 Å². The first-order chi connectivity index (χ1) is 13.5. The molecule has 1 saturated heterocycles. The van der Waals surface area contributed by atoms with Gasteiger partial charge < -0.3 is 15.1 Å². The van der Waals surface area contributed by atoms with Gasteiger partial charge in [-0.15, -0.1) is 0 Å². The number of aliphatic hydroxyl groups excluding tert-OH is 1. The molecule has 0 unspecified atom stereocenters. The van der Waals surface area contributed by atoms with Crippen molar-refractivity contribution in [2.45, 2.75) is 44.6 Å². The van der Waals surface area contributed by atoms with E-state index in [1.807, 2.05) is 17.0 Å². The first kappa shape index (κ1) is 18.0. The summed E-state index contributed by atoms with van der Waals surface area (Å²) in [6.45, 7) is 1.15. The molecule has 6 rings (SSSR count). The second-order valence-electron chi connectivity index (χ2n) is 9.73. The van der Waals surface area contributed by atoms with Gasteiger partial charge in [0.2, 0.25) is 5.91 Å². The number of rotatable bonds is 4. The molecule has 4 aliphatic carbocycles. The average molecular weight is 380 g/mol. The predicted octanol–water partition coefficient (Wildman–Crippen LogP) is 2.72. The van der Waals surface area contributed by atoms with Gasteiger partial charge >= 0.3 is 0 Å². The normalized spacial score (nSPS) is 38.9. The van der Waals surface area contributed by atoms with Crippen LogP contribution in [0.15, 0.2) is 24.3 Å². The first-order valence-electron chi connectivity index (χ1n) is 10.6. The Bertz CT molecular complexity index is 776. The standard InChI is InChI=1S/C23H28N2O3/c24-11-15-12-25(13-15)21(27)10-23(9-14-1-3-20(26)4-2-14)18-5-16-6-19(23)8-17(7-18)22(16)28/h1-4,15-19,22,26,28H,5-10,12-13H2. The van der Waals surface area contributed by atoms with Crippen LogP contribution in [0.4, 0.5) is 0 Å². The lowest BCUT2D eigenvalue weighted by Gasteiger charge is -2.63. The smallest absolute Gasteiger partial charge is 0.223 e. The molecule has 5 fully saturated rings. The molecule has 4 saturated carbocycles. The fraction of sp³-hybridized carbons (Fsp3) is 0.652. The Kier molecular flexibility index (Phi) is 4.17. The molecule has 148 valence electrons. The summed E-state index contributed by atoms with van der Waals surface area (Å²) in [5.41, 5.74) is 1.12. The van der Waals surface area contributed by atoms with Crippen molar-refractivity contribution in [3.05, 3.63) is 29.8 Å². The van der Waals surface area contributed by atoms with Crippen molar-refractivity contribution in [2.24, 2.45) is 35.0 Å². The van der Waals surface area contributed by atoms with E-state index in [1.54, 1.807) is 12.1 Å². The third-order valence-corrected chi connectivity index (χ3v) is 8.31. The molecule has 0 radical (unpaired) electrons. The van der Waals surface area contributed by atoms with E-state index in [-0.39, 0.29) is 29.1 Å². The molecule has 2 N–H and O–H groups in total. The predicted molar refractivity (Wildman–Crippen MR) is 103 cm³/mol. The lowest BCUT2D eigenvalue weighted by atomic mass is 9.42. The van der Waals surface area contributed by atoms with Crippen molar-refractivity contribution >= 4 is 5.91 Å². The van der Waals surface area contributed by atoms with Crippen molar-refractivity contribution in [1.82, 2.24) is 4.90 Å². The van der Waals surface area contributed by atoms with E-state index in [9.17, 15) is 15.0 Å². The number of hydrogen-bond donors (Lipinski definition) is 2. The van der Waals surface area contributed by atoms with Gasteiger partial charge in [0.15, 0.2) is 0 Å². The number of likely N-dealkylation sites (tertiary alicyclic amines) is 1. The topological polar surface area (TPSA) is 84.6 Å². The van der Waals surface area contributed by atoms with Gasteiger partial charge in [0.05, 0.1) is 18.1 Å². The van der Waals surface area contributed by atoms with Gasteiger partial charge in [-0.2, -0.15) is 5.26 Å². The van der Waals surface area contributed by atoms with Gasteiger partial charge in [0.25, 0.3) is 0 Å². The quantitative estimate of drug-likeness (QED) is 0.841. The molecule has 1 aromatic carbocycles. The summed E-state index contributed by atoms with van der Waals surface area (Å²) >= 11 is 0. The Hall–Kier alpha value is -2.06. The maximum absolute atomic E-state index is 13.1. The number of amides is 1. The van der Waals surface area contributed by atoms with Crippen LogP contribution in [0.1, 0.15) is 37.7 Å². The molecular weight excluding hydrogens is 352 g/mol. The Morgan fingerprint density at radius 1 is 1.11 bits per heavy atom. The Morgan fingerprint density at radius 3 is 2.21 bits per heavy atom. The van der Waals surface area contributed by atoms with Crippen molar-refractivity contribution in [2.75, 3.05) is 13.1 Å². The van der Waals surface area contributed by atoms with Crippen LogP contribution >= 0.6 is 0 Å². The third-order valence-electron chi connectivity index (χ3n) is 8.31. The summed E-state index contributed by atoms with van der Waals surface area (Å²) in [5.74, 6) is 2.21.